The molecule has 3 saturated heterocycles. The molecule has 0 radical (unpaired) electrons. The van der Waals surface area contributed by atoms with Gasteiger partial charge < -0.3 is 9.64 Å². The molecule has 0 aliphatic carbocycles. The average Bonchev–Trinajstić information content (AvgIpc) is 3.06. The molecular weight excluding hydrogens is 367 g/mol. The summed E-state index contributed by atoms with van der Waals surface area (Å²) in [6.45, 7) is 5.99. The number of ether oxygens (including phenoxy) is 1. The molecule has 5 nitrogen and oxygen atoms in total. The fourth-order valence-electron chi connectivity index (χ4n) is 4.97. The number of benzene rings is 1. The van der Waals surface area contributed by atoms with Gasteiger partial charge in [0.25, 0.3) is 0 Å². The van der Waals surface area contributed by atoms with Crippen LogP contribution in [0.5, 0.6) is 0 Å². The van der Waals surface area contributed by atoms with Gasteiger partial charge in [0.1, 0.15) is 5.82 Å². The van der Waals surface area contributed by atoms with Crippen LogP contribution in [0.1, 0.15) is 32.1 Å². The van der Waals surface area contributed by atoms with Gasteiger partial charge in [-0.25, -0.2) is 12.8 Å². The van der Waals surface area contributed by atoms with Gasteiger partial charge in [-0.05, 0) is 68.2 Å². The van der Waals surface area contributed by atoms with Crippen molar-refractivity contribution in [2.24, 2.45) is 11.3 Å². The van der Waals surface area contributed by atoms with Crippen LogP contribution in [0.15, 0.2) is 29.2 Å². The fraction of sp³-hybridized carbons (Fsp3) is 0.700. The smallest absolute Gasteiger partial charge is 0.243 e. The van der Waals surface area contributed by atoms with Crippen molar-refractivity contribution in [2.75, 3.05) is 45.9 Å². The monoisotopic (exact) mass is 396 g/mol. The topological polar surface area (TPSA) is 49.9 Å². The second-order valence-corrected chi connectivity index (χ2v) is 10.4. The molecule has 0 bridgehead atoms. The molecule has 4 rings (SSSR count). The zero-order valence-corrected chi connectivity index (χ0v) is 16.6. The van der Waals surface area contributed by atoms with E-state index in [1.54, 1.807) is 4.31 Å². The van der Waals surface area contributed by atoms with Gasteiger partial charge in [0.15, 0.2) is 0 Å². The van der Waals surface area contributed by atoms with Gasteiger partial charge in [0.05, 0.1) is 4.90 Å². The van der Waals surface area contributed by atoms with Crippen LogP contribution in [0.25, 0.3) is 0 Å². The van der Waals surface area contributed by atoms with E-state index < -0.39 is 15.8 Å². The van der Waals surface area contributed by atoms with E-state index in [1.807, 2.05) is 0 Å². The summed E-state index contributed by atoms with van der Waals surface area (Å²) in [5, 5.41) is 0. The first kappa shape index (κ1) is 19.3. The minimum Gasteiger partial charge on any atom is -0.381 e. The van der Waals surface area contributed by atoms with Crippen molar-refractivity contribution in [3.05, 3.63) is 30.1 Å². The van der Waals surface area contributed by atoms with Crippen LogP contribution in [0.4, 0.5) is 4.39 Å². The maximum absolute atomic E-state index is 13.5. The SMILES string of the molecule is O=S(=O)(c1cccc(F)c1)N1CCC2(CCCN(CC3CCOCC3)C2)C1. The Morgan fingerprint density at radius 3 is 2.74 bits per heavy atom. The zero-order chi connectivity index (χ0) is 18.9. The van der Waals surface area contributed by atoms with Crippen LogP contribution in [0.3, 0.4) is 0 Å². The minimum absolute atomic E-state index is 0.0454. The lowest BCUT2D eigenvalue weighted by molar-refractivity contribution is 0.0327. The summed E-state index contributed by atoms with van der Waals surface area (Å²) in [6.07, 6.45) is 5.35. The molecule has 1 spiro atoms. The molecule has 0 saturated carbocycles. The molecule has 3 aliphatic heterocycles. The third kappa shape index (κ3) is 4.21. The molecule has 1 aromatic rings. The molecule has 0 amide bonds. The van der Waals surface area contributed by atoms with Crippen LogP contribution in [0, 0.1) is 17.2 Å². The Kier molecular flexibility index (Phi) is 5.56. The van der Waals surface area contributed by atoms with E-state index in [-0.39, 0.29) is 10.3 Å². The van der Waals surface area contributed by atoms with E-state index in [4.69, 9.17) is 4.74 Å². The molecule has 7 heteroatoms. The van der Waals surface area contributed by atoms with Crippen LogP contribution in [0.2, 0.25) is 0 Å². The number of hydrogen-bond acceptors (Lipinski definition) is 4. The predicted octanol–water partition coefficient (Wildman–Crippen LogP) is 2.73. The molecule has 1 atom stereocenters. The maximum atomic E-state index is 13.5. The summed E-state index contributed by atoms with van der Waals surface area (Å²) in [7, 11) is -3.62. The third-order valence-electron chi connectivity index (χ3n) is 6.43. The predicted molar refractivity (Wildman–Crippen MR) is 101 cm³/mol. The second kappa shape index (κ2) is 7.78. The number of halogens is 1. The number of hydrogen-bond donors (Lipinski definition) is 0. The highest BCUT2D eigenvalue weighted by Gasteiger charge is 2.45. The summed E-state index contributed by atoms with van der Waals surface area (Å²) in [4.78, 5) is 2.60. The Balaban J connectivity index is 1.43. The van der Waals surface area contributed by atoms with Gasteiger partial charge in [-0.2, -0.15) is 4.31 Å². The van der Waals surface area contributed by atoms with Gasteiger partial charge in [-0.15, -0.1) is 0 Å². The average molecular weight is 397 g/mol. The first-order valence-electron chi connectivity index (χ1n) is 10.0. The lowest BCUT2D eigenvalue weighted by atomic mass is 9.79. The van der Waals surface area contributed by atoms with Crippen molar-refractivity contribution in [1.29, 1.82) is 0 Å². The third-order valence-corrected chi connectivity index (χ3v) is 8.28. The quantitative estimate of drug-likeness (QED) is 0.785. The highest BCUT2D eigenvalue weighted by atomic mass is 32.2. The molecule has 0 aromatic heterocycles. The Labute approximate surface area is 161 Å². The lowest BCUT2D eigenvalue weighted by Gasteiger charge is -2.42. The first-order valence-corrected chi connectivity index (χ1v) is 11.5. The minimum atomic E-state index is -3.62. The normalized spacial score (nSPS) is 28.8. The second-order valence-electron chi connectivity index (χ2n) is 8.44. The standard InChI is InChI=1S/C20H29FN2O3S/c21-18-3-1-4-19(13-18)27(24,25)23-10-8-20(16-23)7-2-9-22(15-20)14-17-5-11-26-12-6-17/h1,3-4,13,17H,2,5-12,14-16H2. The summed E-state index contributed by atoms with van der Waals surface area (Å²) >= 11 is 0. The molecule has 3 heterocycles. The van der Waals surface area contributed by atoms with Crippen LogP contribution < -0.4 is 0 Å². The van der Waals surface area contributed by atoms with Gasteiger partial charge >= 0.3 is 0 Å². The van der Waals surface area contributed by atoms with Crippen molar-refractivity contribution in [3.8, 4) is 0 Å². The molecule has 1 aromatic carbocycles. The lowest BCUT2D eigenvalue weighted by Crippen LogP contribution is -2.47. The van der Waals surface area contributed by atoms with Crippen molar-refractivity contribution < 1.29 is 17.5 Å². The molecule has 150 valence electrons. The molecule has 1 unspecified atom stereocenters. The molecular formula is C20H29FN2O3S. The Morgan fingerprint density at radius 1 is 1.15 bits per heavy atom. The van der Waals surface area contributed by atoms with Crippen molar-refractivity contribution in [1.82, 2.24) is 9.21 Å². The van der Waals surface area contributed by atoms with Gasteiger partial charge in [0, 0.05) is 39.4 Å². The Morgan fingerprint density at radius 2 is 1.96 bits per heavy atom. The van der Waals surface area contributed by atoms with E-state index in [0.29, 0.717) is 19.0 Å². The summed E-state index contributed by atoms with van der Waals surface area (Å²) in [5.74, 6) is 0.188. The van der Waals surface area contributed by atoms with Crippen molar-refractivity contribution >= 4 is 10.0 Å². The van der Waals surface area contributed by atoms with Crippen LogP contribution in [-0.4, -0.2) is 63.6 Å². The summed E-state index contributed by atoms with van der Waals surface area (Å²) in [5.41, 5.74) is 0.0454. The van der Waals surface area contributed by atoms with E-state index in [1.165, 1.54) is 18.2 Å². The number of rotatable bonds is 4. The zero-order valence-electron chi connectivity index (χ0n) is 15.8. The maximum Gasteiger partial charge on any atom is 0.243 e. The number of sulfonamides is 1. The van der Waals surface area contributed by atoms with E-state index in [2.05, 4.69) is 4.90 Å². The highest BCUT2D eigenvalue weighted by molar-refractivity contribution is 7.89. The first-order chi connectivity index (χ1) is 13.0. The number of piperidine rings is 1. The van der Waals surface area contributed by atoms with Gasteiger partial charge in [-0.1, -0.05) is 6.07 Å². The van der Waals surface area contributed by atoms with Crippen molar-refractivity contribution in [3.63, 3.8) is 0 Å². The van der Waals surface area contributed by atoms with E-state index in [0.717, 1.165) is 71.0 Å². The molecule has 3 aliphatic rings. The summed E-state index contributed by atoms with van der Waals surface area (Å²) < 4.78 is 46.4. The Hall–Kier alpha value is -1.02. The van der Waals surface area contributed by atoms with E-state index in [9.17, 15) is 12.8 Å². The van der Waals surface area contributed by atoms with E-state index >= 15 is 0 Å². The fourth-order valence-corrected chi connectivity index (χ4v) is 6.55. The van der Waals surface area contributed by atoms with Crippen LogP contribution >= 0.6 is 0 Å². The molecule has 27 heavy (non-hydrogen) atoms. The summed E-state index contributed by atoms with van der Waals surface area (Å²) in [6, 6.07) is 5.35. The molecule has 0 N–H and O–H groups in total. The van der Waals surface area contributed by atoms with Gasteiger partial charge in [0.2, 0.25) is 10.0 Å². The largest absolute Gasteiger partial charge is 0.381 e. The van der Waals surface area contributed by atoms with Crippen molar-refractivity contribution in [2.45, 2.75) is 37.0 Å². The Bertz CT molecular complexity index is 766. The molecule has 3 fully saturated rings. The number of likely N-dealkylation sites (tertiary alicyclic amines) is 1. The highest BCUT2D eigenvalue weighted by Crippen LogP contribution is 2.41. The van der Waals surface area contributed by atoms with Gasteiger partial charge in [-0.3, -0.25) is 0 Å². The van der Waals surface area contributed by atoms with Crippen LogP contribution in [-0.2, 0) is 14.8 Å². The number of nitrogens with zero attached hydrogens (tertiary/aromatic N) is 2.